The van der Waals surface area contributed by atoms with Crippen molar-refractivity contribution in [3.63, 3.8) is 0 Å². The highest BCUT2D eigenvalue weighted by atomic mass is 14.0. The summed E-state index contributed by atoms with van der Waals surface area (Å²) in [6, 6.07) is 0. The third-order valence-electron chi connectivity index (χ3n) is 2.29. The summed E-state index contributed by atoms with van der Waals surface area (Å²) in [5, 5.41) is 0. The van der Waals surface area contributed by atoms with Crippen LogP contribution in [0.3, 0.4) is 0 Å². The van der Waals surface area contributed by atoms with Gasteiger partial charge in [0, 0.05) is 0 Å². The molecule has 0 aliphatic carbocycles. The highest BCUT2D eigenvalue weighted by molar-refractivity contribution is 4.97. The highest BCUT2D eigenvalue weighted by Gasteiger charge is 1.96. The summed E-state index contributed by atoms with van der Waals surface area (Å²) in [6.07, 6.45) is 7.67. The molecule has 0 aliphatic rings. The monoisotopic (exact) mass is 182 g/mol. The molecule has 0 heterocycles. The van der Waals surface area contributed by atoms with Crippen molar-refractivity contribution >= 4 is 0 Å². The number of allylic oxidation sites excluding steroid dienone is 2. The van der Waals surface area contributed by atoms with Gasteiger partial charge in [0.25, 0.3) is 0 Å². The summed E-state index contributed by atoms with van der Waals surface area (Å²) in [7, 11) is 0. The van der Waals surface area contributed by atoms with Crippen LogP contribution in [0.1, 0.15) is 60.3 Å². The first-order valence-electron chi connectivity index (χ1n) is 5.68. The van der Waals surface area contributed by atoms with Gasteiger partial charge in [0.1, 0.15) is 0 Å². The largest absolute Gasteiger partial charge is 0.0854 e. The van der Waals surface area contributed by atoms with Gasteiger partial charge in [0.2, 0.25) is 0 Å². The average Bonchev–Trinajstić information content (AvgIpc) is 2.00. The van der Waals surface area contributed by atoms with Crippen molar-refractivity contribution < 1.29 is 0 Å². The molecule has 78 valence electrons. The zero-order valence-electron chi connectivity index (χ0n) is 10.1. The van der Waals surface area contributed by atoms with E-state index in [-0.39, 0.29) is 0 Å². The number of hydrogen-bond acceptors (Lipinski definition) is 0. The van der Waals surface area contributed by atoms with Crippen LogP contribution in [0.5, 0.6) is 0 Å². The molecule has 0 bridgehead atoms. The Bertz CT molecular complexity index is 140. The van der Waals surface area contributed by atoms with E-state index >= 15 is 0 Å². The van der Waals surface area contributed by atoms with Crippen LogP contribution in [0, 0.1) is 11.8 Å². The van der Waals surface area contributed by atoms with Crippen molar-refractivity contribution in [2.75, 3.05) is 0 Å². The van der Waals surface area contributed by atoms with E-state index in [9.17, 15) is 0 Å². The molecule has 0 aliphatic heterocycles. The van der Waals surface area contributed by atoms with Gasteiger partial charge in [-0.3, -0.25) is 0 Å². The molecule has 0 rings (SSSR count). The Hall–Kier alpha value is -0.260. The van der Waals surface area contributed by atoms with Gasteiger partial charge in [-0.25, -0.2) is 0 Å². The summed E-state index contributed by atoms with van der Waals surface area (Å²) in [5.74, 6) is 1.66. The topological polar surface area (TPSA) is 0 Å². The Kier molecular flexibility index (Phi) is 7.03. The van der Waals surface area contributed by atoms with Gasteiger partial charge < -0.3 is 0 Å². The molecule has 13 heavy (non-hydrogen) atoms. The Balaban J connectivity index is 3.49. The SMILES string of the molecule is CC(=CCC(C)C)CCCC(C)C. The van der Waals surface area contributed by atoms with Crippen LogP contribution in [0.2, 0.25) is 0 Å². The summed E-state index contributed by atoms with van der Waals surface area (Å²) < 4.78 is 0. The molecule has 0 aromatic carbocycles. The van der Waals surface area contributed by atoms with E-state index in [0.717, 1.165) is 11.8 Å². The maximum Gasteiger partial charge on any atom is -0.0323 e. The van der Waals surface area contributed by atoms with Gasteiger partial charge >= 0.3 is 0 Å². The predicted molar refractivity (Wildman–Crippen MR) is 61.9 cm³/mol. The molecular weight excluding hydrogens is 156 g/mol. The van der Waals surface area contributed by atoms with Crippen LogP contribution >= 0.6 is 0 Å². The molecular formula is C13H26. The Morgan fingerprint density at radius 1 is 1.08 bits per heavy atom. The van der Waals surface area contributed by atoms with Crippen LogP contribution in [-0.2, 0) is 0 Å². The summed E-state index contributed by atoms with van der Waals surface area (Å²) in [6.45, 7) is 11.4. The fourth-order valence-electron chi connectivity index (χ4n) is 1.33. The van der Waals surface area contributed by atoms with Gasteiger partial charge in [-0.2, -0.15) is 0 Å². The van der Waals surface area contributed by atoms with Crippen LogP contribution in [0.4, 0.5) is 0 Å². The fourth-order valence-corrected chi connectivity index (χ4v) is 1.33. The Morgan fingerprint density at radius 2 is 1.69 bits per heavy atom. The standard InChI is InChI=1S/C13H26/c1-11(2)7-6-8-13(5)10-9-12(3)4/h10-12H,6-9H2,1-5H3. The van der Waals surface area contributed by atoms with E-state index in [2.05, 4.69) is 40.7 Å². The molecule has 0 radical (unpaired) electrons. The van der Waals surface area contributed by atoms with E-state index < -0.39 is 0 Å². The maximum absolute atomic E-state index is 2.41. The molecule has 0 saturated heterocycles. The highest BCUT2D eigenvalue weighted by Crippen LogP contribution is 2.13. The van der Waals surface area contributed by atoms with Gasteiger partial charge in [-0.1, -0.05) is 45.8 Å². The van der Waals surface area contributed by atoms with Crippen LogP contribution in [-0.4, -0.2) is 0 Å². The second-order valence-corrected chi connectivity index (χ2v) is 4.97. The molecule has 0 atom stereocenters. The lowest BCUT2D eigenvalue weighted by molar-refractivity contribution is 0.553. The maximum atomic E-state index is 2.41. The molecule has 0 N–H and O–H groups in total. The smallest absolute Gasteiger partial charge is 0.0323 e. The van der Waals surface area contributed by atoms with Crippen molar-refractivity contribution in [2.24, 2.45) is 11.8 Å². The first-order valence-corrected chi connectivity index (χ1v) is 5.68. The lowest BCUT2D eigenvalue weighted by Gasteiger charge is -2.05. The van der Waals surface area contributed by atoms with Crippen molar-refractivity contribution in [1.29, 1.82) is 0 Å². The quantitative estimate of drug-likeness (QED) is 0.517. The number of hydrogen-bond donors (Lipinski definition) is 0. The molecule has 0 amide bonds. The molecule has 0 spiro atoms. The lowest BCUT2D eigenvalue weighted by atomic mass is 10.0. The van der Waals surface area contributed by atoms with Crippen molar-refractivity contribution in [3.05, 3.63) is 11.6 Å². The second kappa shape index (κ2) is 7.17. The molecule has 0 aromatic heterocycles. The fraction of sp³-hybridized carbons (Fsp3) is 0.846. The zero-order valence-corrected chi connectivity index (χ0v) is 10.1. The van der Waals surface area contributed by atoms with Crippen molar-refractivity contribution in [2.45, 2.75) is 60.3 Å². The minimum absolute atomic E-state index is 0.806. The van der Waals surface area contributed by atoms with Crippen LogP contribution in [0.25, 0.3) is 0 Å². The lowest BCUT2D eigenvalue weighted by Crippen LogP contribution is -1.89. The third kappa shape index (κ3) is 9.66. The first-order chi connectivity index (χ1) is 6.02. The van der Waals surface area contributed by atoms with Crippen LogP contribution in [0.15, 0.2) is 11.6 Å². The van der Waals surface area contributed by atoms with E-state index in [1.54, 1.807) is 5.57 Å². The average molecular weight is 182 g/mol. The van der Waals surface area contributed by atoms with Gasteiger partial charge in [0.15, 0.2) is 0 Å². The van der Waals surface area contributed by atoms with E-state index in [4.69, 9.17) is 0 Å². The van der Waals surface area contributed by atoms with Crippen LogP contribution < -0.4 is 0 Å². The second-order valence-electron chi connectivity index (χ2n) is 4.97. The molecule has 0 unspecified atom stereocenters. The normalized spacial score (nSPS) is 13.0. The minimum Gasteiger partial charge on any atom is -0.0854 e. The van der Waals surface area contributed by atoms with E-state index in [0.29, 0.717) is 0 Å². The van der Waals surface area contributed by atoms with Gasteiger partial charge in [-0.05, 0) is 38.0 Å². The van der Waals surface area contributed by atoms with Crippen molar-refractivity contribution in [3.8, 4) is 0 Å². The number of rotatable bonds is 6. The summed E-state index contributed by atoms with van der Waals surface area (Å²) >= 11 is 0. The molecule has 0 nitrogen and oxygen atoms in total. The minimum atomic E-state index is 0.806. The van der Waals surface area contributed by atoms with Gasteiger partial charge in [0.05, 0.1) is 0 Å². The molecule has 0 saturated carbocycles. The first kappa shape index (κ1) is 12.7. The van der Waals surface area contributed by atoms with E-state index in [1.807, 2.05) is 0 Å². The molecule has 0 heteroatoms. The summed E-state index contributed by atoms with van der Waals surface area (Å²) in [5.41, 5.74) is 1.58. The Morgan fingerprint density at radius 3 is 2.15 bits per heavy atom. The molecule has 0 aromatic rings. The Labute approximate surface area is 84.4 Å². The predicted octanol–water partition coefficient (Wildman–Crippen LogP) is 4.81. The van der Waals surface area contributed by atoms with Gasteiger partial charge in [-0.15, -0.1) is 0 Å². The zero-order chi connectivity index (χ0) is 10.3. The summed E-state index contributed by atoms with van der Waals surface area (Å²) in [4.78, 5) is 0. The van der Waals surface area contributed by atoms with Crippen molar-refractivity contribution in [1.82, 2.24) is 0 Å². The molecule has 0 fully saturated rings. The van der Waals surface area contributed by atoms with E-state index in [1.165, 1.54) is 25.7 Å². The third-order valence-corrected chi connectivity index (χ3v) is 2.29.